The molecule has 1 saturated carbocycles. The SMILES string of the molecule is CCC1CCCC(NC(=NC)NCCOc2cccnc2)C1.I. The molecule has 130 valence electrons. The minimum absolute atomic E-state index is 0. The number of ether oxygens (including phenoxy) is 1. The Hall–Kier alpha value is -1.05. The van der Waals surface area contributed by atoms with E-state index in [9.17, 15) is 0 Å². The molecule has 0 aliphatic heterocycles. The molecular formula is C17H29IN4O. The van der Waals surface area contributed by atoms with E-state index in [1.54, 1.807) is 12.4 Å². The Morgan fingerprint density at radius 2 is 2.30 bits per heavy atom. The third kappa shape index (κ3) is 7.37. The van der Waals surface area contributed by atoms with E-state index in [1.807, 2.05) is 19.2 Å². The molecule has 0 amide bonds. The van der Waals surface area contributed by atoms with Crippen LogP contribution in [0, 0.1) is 5.92 Å². The van der Waals surface area contributed by atoms with Crippen LogP contribution < -0.4 is 15.4 Å². The van der Waals surface area contributed by atoms with Crippen LogP contribution in [-0.4, -0.2) is 37.2 Å². The second-order valence-electron chi connectivity index (χ2n) is 5.82. The van der Waals surface area contributed by atoms with Crippen molar-refractivity contribution in [3.63, 3.8) is 0 Å². The lowest BCUT2D eigenvalue weighted by Gasteiger charge is -2.30. The minimum Gasteiger partial charge on any atom is -0.490 e. The molecule has 1 aliphatic rings. The zero-order valence-corrected chi connectivity index (χ0v) is 16.5. The number of pyridine rings is 1. The van der Waals surface area contributed by atoms with Crippen molar-refractivity contribution in [2.45, 2.75) is 45.1 Å². The highest BCUT2D eigenvalue weighted by atomic mass is 127. The van der Waals surface area contributed by atoms with Crippen molar-refractivity contribution in [3.8, 4) is 5.75 Å². The van der Waals surface area contributed by atoms with Gasteiger partial charge in [0, 0.05) is 19.3 Å². The van der Waals surface area contributed by atoms with Crippen LogP contribution in [0.15, 0.2) is 29.5 Å². The van der Waals surface area contributed by atoms with E-state index in [-0.39, 0.29) is 24.0 Å². The fourth-order valence-corrected chi connectivity index (χ4v) is 2.95. The Labute approximate surface area is 156 Å². The lowest BCUT2D eigenvalue weighted by molar-refractivity contribution is 0.296. The van der Waals surface area contributed by atoms with Gasteiger partial charge in [0.2, 0.25) is 0 Å². The fraction of sp³-hybridized carbons (Fsp3) is 0.647. The van der Waals surface area contributed by atoms with Crippen LogP contribution in [0.5, 0.6) is 5.75 Å². The third-order valence-electron chi connectivity index (χ3n) is 4.22. The molecule has 0 aromatic carbocycles. The predicted octanol–water partition coefficient (Wildman–Crippen LogP) is 3.21. The molecule has 5 nitrogen and oxygen atoms in total. The number of rotatable bonds is 6. The van der Waals surface area contributed by atoms with Crippen LogP contribution in [0.2, 0.25) is 0 Å². The van der Waals surface area contributed by atoms with Crippen molar-refractivity contribution in [2.75, 3.05) is 20.2 Å². The van der Waals surface area contributed by atoms with Gasteiger partial charge in [-0.15, -0.1) is 24.0 Å². The molecule has 1 aliphatic carbocycles. The first kappa shape index (κ1) is 20.0. The van der Waals surface area contributed by atoms with Crippen molar-refractivity contribution >= 4 is 29.9 Å². The topological polar surface area (TPSA) is 58.5 Å². The summed E-state index contributed by atoms with van der Waals surface area (Å²) in [6.07, 6.45) is 9.93. The summed E-state index contributed by atoms with van der Waals surface area (Å²) < 4.78 is 5.62. The highest BCUT2D eigenvalue weighted by Gasteiger charge is 2.21. The zero-order chi connectivity index (χ0) is 15.6. The molecule has 1 heterocycles. The van der Waals surface area contributed by atoms with Gasteiger partial charge in [-0.3, -0.25) is 9.98 Å². The molecule has 2 unspecified atom stereocenters. The molecule has 1 fully saturated rings. The first-order valence-corrected chi connectivity index (χ1v) is 8.31. The number of hydrogen-bond donors (Lipinski definition) is 2. The molecule has 1 aromatic heterocycles. The summed E-state index contributed by atoms with van der Waals surface area (Å²) >= 11 is 0. The van der Waals surface area contributed by atoms with Crippen molar-refractivity contribution in [2.24, 2.45) is 10.9 Å². The van der Waals surface area contributed by atoms with E-state index in [2.05, 4.69) is 27.5 Å². The predicted molar refractivity (Wildman–Crippen MR) is 106 cm³/mol. The van der Waals surface area contributed by atoms with Gasteiger partial charge in [-0.2, -0.15) is 0 Å². The third-order valence-corrected chi connectivity index (χ3v) is 4.22. The number of guanidine groups is 1. The molecule has 1 aromatic rings. The largest absolute Gasteiger partial charge is 0.490 e. The summed E-state index contributed by atoms with van der Waals surface area (Å²) in [4.78, 5) is 8.33. The summed E-state index contributed by atoms with van der Waals surface area (Å²) in [5.74, 6) is 2.53. The number of nitrogens with one attached hydrogen (secondary N) is 2. The Bertz CT molecular complexity index is 455. The van der Waals surface area contributed by atoms with Gasteiger partial charge < -0.3 is 15.4 Å². The van der Waals surface area contributed by atoms with Crippen LogP contribution >= 0.6 is 24.0 Å². The quantitative estimate of drug-likeness (QED) is 0.314. The summed E-state index contributed by atoms with van der Waals surface area (Å²) in [5, 5.41) is 6.85. The molecule has 0 spiro atoms. The van der Waals surface area contributed by atoms with Crippen molar-refractivity contribution < 1.29 is 4.74 Å². The Morgan fingerprint density at radius 3 is 3.00 bits per heavy atom. The van der Waals surface area contributed by atoms with Crippen molar-refractivity contribution in [1.29, 1.82) is 0 Å². The van der Waals surface area contributed by atoms with E-state index in [4.69, 9.17) is 4.74 Å². The fourth-order valence-electron chi connectivity index (χ4n) is 2.95. The highest BCUT2D eigenvalue weighted by Crippen LogP contribution is 2.26. The molecule has 2 rings (SSSR count). The number of aliphatic imine (C=N–C) groups is 1. The van der Waals surface area contributed by atoms with Gasteiger partial charge in [-0.1, -0.05) is 26.2 Å². The van der Waals surface area contributed by atoms with Gasteiger partial charge in [0.1, 0.15) is 12.4 Å². The summed E-state index contributed by atoms with van der Waals surface area (Å²) in [6, 6.07) is 4.33. The van der Waals surface area contributed by atoms with E-state index in [1.165, 1.54) is 32.1 Å². The maximum absolute atomic E-state index is 5.62. The molecule has 2 atom stereocenters. The lowest BCUT2D eigenvalue weighted by atomic mass is 9.84. The van der Waals surface area contributed by atoms with Crippen molar-refractivity contribution in [3.05, 3.63) is 24.5 Å². The highest BCUT2D eigenvalue weighted by molar-refractivity contribution is 14.0. The molecular weight excluding hydrogens is 403 g/mol. The standard InChI is InChI=1S/C17H28N4O.HI/c1-3-14-6-4-7-15(12-14)21-17(18-2)20-10-11-22-16-8-5-9-19-13-16;/h5,8-9,13-15H,3-4,6-7,10-12H2,1-2H3,(H2,18,20,21);1H. The lowest BCUT2D eigenvalue weighted by Crippen LogP contribution is -2.46. The van der Waals surface area contributed by atoms with Gasteiger partial charge in [0.05, 0.1) is 12.7 Å². The first-order chi connectivity index (χ1) is 10.8. The molecule has 6 heteroatoms. The smallest absolute Gasteiger partial charge is 0.191 e. The maximum atomic E-state index is 5.62. The van der Waals surface area contributed by atoms with Gasteiger partial charge in [-0.05, 0) is 30.9 Å². The number of aromatic nitrogens is 1. The molecule has 2 N–H and O–H groups in total. The van der Waals surface area contributed by atoms with Gasteiger partial charge >= 0.3 is 0 Å². The number of nitrogens with zero attached hydrogens (tertiary/aromatic N) is 2. The molecule has 23 heavy (non-hydrogen) atoms. The average molecular weight is 432 g/mol. The van der Waals surface area contributed by atoms with Crippen LogP contribution in [0.3, 0.4) is 0 Å². The molecule has 0 saturated heterocycles. The van der Waals surface area contributed by atoms with Crippen LogP contribution in [-0.2, 0) is 0 Å². The van der Waals surface area contributed by atoms with Crippen LogP contribution in [0.4, 0.5) is 0 Å². The van der Waals surface area contributed by atoms with Gasteiger partial charge in [-0.25, -0.2) is 0 Å². The van der Waals surface area contributed by atoms with E-state index >= 15 is 0 Å². The summed E-state index contributed by atoms with van der Waals surface area (Å²) in [7, 11) is 1.82. The maximum Gasteiger partial charge on any atom is 0.191 e. The monoisotopic (exact) mass is 432 g/mol. The molecule has 0 bridgehead atoms. The second-order valence-corrected chi connectivity index (χ2v) is 5.82. The van der Waals surface area contributed by atoms with Gasteiger partial charge in [0.25, 0.3) is 0 Å². The Balaban J connectivity index is 0.00000264. The Morgan fingerprint density at radius 1 is 1.43 bits per heavy atom. The average Bonchev–Trinajstić information content (AvgIpc) is 2.58. The number of hydrogen-bond acceptors (Lipinski definition) is 3. The number of halogens is 1. The van der Waals surface area contributed by atoms with Gasteiger partial charge in [0.15, 0.2) is 5.96 Å². The van der Waals surface area contributed by atoms with Crippen molar-refractivity contribution in [1.82, 2.24) is 15.6 Å². The van der Waals surface area contributed by atoms with E-state index in [0.29, 0.717) is 12.6 Å². The summed E-state index contributed by atoms with van der Waals surface area (Å²) in [6.45, 7) is 3.60. The normalized spacial score (nSPS) is 21.2. The Kier molecular flexibility index (Phi) is 9.98. The van der Waals surface area contributed by atoms with Crippen LogP contribution in [0.1, 0.15) is 39.0 Å². The molecule has 0 radical (unpaired) electrons. The van der Waals surface area contributed by atoms with E-state index < -0.39 is 0 Å². The minimum atomic E-state index is 0. The second kappa shape index (κ2) is 11.5. The van der Waals surface area contributed by atoms with E-state index in [0.717, 1.165) is 24.2 Å². The van der Waals surface area contributed by atoms with Crippen LogP contribution in [0.25, 0.3) is 0 Å². The zero-order valence-electron chi connectivity index (χ0n) is 14.1. The first-order valence-electron chi connectivity index (χ1n) is 8.31. The summed E-state index contributed by atoms with van der Waals surface area (Å²) in [5.41, 5.74) is 0.